The molecule has 13 heteroatoms. The topological polar surface area (TPSA) is 96.0 Å². The Morgan fingerprint density at radius 3 is 2.38 bits per heavy atom. The minimum atomic E-state index is -4.95. The van der Waals surface area contributed by atoms with E-state index in [1.54, 1.807) is 30.3 Å². The first-order valence-corrected chi connectivity index (χ1v) is 12.6. The molecule has 1 saturated heterocycles. The van der Waals surface area contributed by atoms with E-state index in [1.165, 1.54) is 19.2 Å². The summed E-state index contributed by atoms with van der Waals surface area (Å²) in [5.41, 5.74) is -2.66. The van der Waals surface area contributed by atoms with Crippen molar-refractivity contribution in [1.82, 2.24) is 4.98 Å². The molecule has 1 aliphatic rings. The highest BCUT2D eigenvalue weighted by Gasteiger charge is 2.66. The van der Waals surface area contributed by atoms with Gasteiger partial charge >= 0.3 is 12.1 Å². The van der Waals surface area contributed by atoms with E-state index in [0.717, 1.165) is 33.3 Å². The number of halogens is 5. The van der Waals surface area contributed by atoms with Crippen LogP contribution in [0.25, 0.3) is 0 Å². The van der Waals surface area contributed by atoms with Gasteiger partial charge in [0.25, 0.3) is 5.91 Å². The van der Waals surface area contributed by atoms with Crippen LogP contribution in [0.2, 0.25) is 0 Å². The number of anilines is 1. The van der Waals surface area contributed by atoms with Crippen LogP contribution in [0.4, 0.5) is 27.6 Å². The molecule has 2 heterocycles. The van der Waals surface area contributed by atoms with E-state index in [4.69, 9.17) is 14.2 Å². The molecular formula is C29H27F5N2O6. The Kier molecular flexibility index (Phi) is 8.71. The number of benzene rings is 2. The third-order valence-electron chi connectivity index (χ3n) is 7.31. The summed E-state index contributed by atoms with van der Waals surface area (Å²) in [6.45, 7) is 1.80. The van der Waals surface area contributed by atoms with Gasteiger partial charge in [0.05, 0.1) is 14.2 Å². The summed E-state index contributed by atoms with van der Waals surface area (Å²) in [6, 6.07) is 12.0. The minimum Gasteiger partial charge on any atom is -0.493 e. The first-order valence-electron chi connectivity index (χ1n) is 12.6. The number of nitrogens with one attached hydrogen (secondary N) is 1. The molecule has 42 heavy (non-hydrogen) atoms. The maximum Gasteiger partial charge on any atom is 0.417 e. The van der Waals surface area contributed by atoms with Gasteiger partial charge in [-0.25, -0.2) is 9.78 Å². The monoisotopic (exact) mass is 594 g/mol. The van der Waals surface area contributed by atoms with Crippen molar-refractivity contribution in [2.75, 3.05) is 19.5 Å². The highest BCUT2D eigenvalue weighted by Crippen LogP contribution is 2.55. The number of methoxy groups -OCH3 is 2. The number of nitrogens with zero attached hydrogens (tertiary/aromatic N) is 1. The van der Waals surface area contributed by atoms with Crippen molar-refractivity contribution in [1.29, 1.82) is 0 Å². The van der Waals surface area contributed by atoms with Crippen LogP contribution in [0.1, 0.15) is 41.4 Å². The van der Waals surface area contributed by atoms with Gasteiger partial charge in [0.2, 0.25) is 11.6 Å². The first kappa shape index (κ1) is 30.7. The Hall–Kier alpha value is -4.26. The summed E-state index contributed by atoms with van der Waals surface area (Å²) in [4.78, 5) is 29.1. The van der Waals surface area contributed by atoms with Gasteiger partial charge in [0, 0.05) is 29.3 Å². The largest absolute Gasteiger partial charge is 0.493 e. The standard InChI is InChI=1S/C29H27F5N2O6/c1-15-21(18-13-20(22(30)23(31)24(18)39-3)41-14-16-8-6-5-7-9-16)25(42-28(15,2)29(32,33)34)26(37)36-17-10-11-35-19(12-17)27(38)40-4/h5-13,15,21,25H,14H2,1-4H3,(H,35,36,37)/t15-,21-,25+,28+/m0/s1. The summed E-state index contributed by atoms with van der Waals surface area (Å²) in [5.74, 6) is -9.02. The third kappa shape index (κ3) is 5.73. The van der Waals surface area contributed by atoms with Crippen molar-refractivity contribution in [3.63, 3.8) is 0 Å². The number of hydrogen-bond acceptors (Lipinski definition) is 7. The Balaban J connectivity index is 1.78. The summed E-state index contributed by atoms with van der Waals surface area (Å²) >= 11 is 0. The average molecular weight is 595 g/mol. The second-order valence-corrected chi connectivity index (χ2v) is 9.77. The third-order valence-corrected chi connectivity index (χ3v) is 7.31. The summed E-state index contributed by atoms with van der Waals surface area (Å²) in [5, 5.41) is 2.42. The Labute approximate surface area is 237 Å². The van der Waals surface area contributed by atoms with Crippen LogP contribution in [-0.4, -0.2) is 49.0 Å². The lowest BCUT2D eigenvalue weighted by Gasteiger charge is -2.32. The fraction of sp³-hybridized carbons (Fsp3) is 0.345. The molecule has 3 aromatic rings. The molecule has 4 atom stereocenters. The minimum absolute atomic E-state index is 0.00940. The van der Waals surface area contributed by atoms with Crippen LogP contribution in [-0.2, 0) is 20.9 Å². The smallest absolute Gasteiger partial charge is 0.417 e. The molecule has 1 N–H and O–H groups in total. The van der Waals surface area contributed by atoms with Crippen molar-refractivity contribution in [3.05, 3.63) is 83.2 Å². The second kappa shape index (κ2) is 11.9. The lowest BCUT2D eigenvalue weighted by Crippen LogP contribution is -2.47. The summed E-state index contributed by atoms with van der Waals surface area (Å²) in [7, 11) is 2.15. The number of carbonyl (C=O) groups excluding carboxylic acids is 2. The molecule has 4 rings (SSSR count). The molecule has 0 radical (unpaired) electrons. The molecule has 1 aromatic heterocycles. The quantitative estimate of drug-likeness (QED) is 0.260. The van der Waals surface area contributed by atoms with Gasteiger partial charge in [-0.3, -0.25) is 4.79 Å². The summed E-state index contributed by atoms with van der Waals surface area (Å²) < 4.78 is 93.9. The lowest BCUT2D eigenvalue weighted by atomic mass is 9.76. The van der Waals surface area contributed by atoms with Crippen LogP contribution in [0.5, 0.6) is 11.5 Å². The normalized spacial score (nSPS) is 22.0. The number of ether oxygens (including phenoxy) is 4. The molecule has 1 aliphatic heterocycles. The molecule has 0 unspecified atom stereocenters. The number of esters is 1. The van der Waals surface area contributed by atoms with Gasteiger partial charge in [0.15, 0.2) is 17.1 Å². The van der Waals surface area contributed by atoms with Gasteiger partial charge in [-0.2, -0.15) is 22.0 Å². The lowest BCUT2D eigenvalue weighted by molar-refractivity contribution is -0.272. The zero-order valence-corrected chi connectivity index (χ0v) is 22.9. The van der Waals surface area contributed by atoms with Crippen molar-refractivity contribution in [2.24, 2.45) is 5.92 Å². The van der Waals surface area contributed by atoms with Gasteiger partial charge < -0.3 is 24.3 Å². The maximum absolute atomic E-state index is 15.3. The van der Waals surface area contributed by atoms with E-state index in [9.17, 15) is 22.8 Å². The number of aromatic nitrogens is 1. The van der Waals surface area contributed by atoms with Gasteiger partial charge in [-0.05, 0) is 30.7 Å². The van der Waals surface area contributed by atoms with E-state index in [1.807, 2.05) is 0 Å². The molecule has 1 fully saturated rings. The Morgan fingerprint density at radius 2 is 1.76 bits per heavy atom. The van der Waals surface area contributed by atoms with Gasteiger partial charge in [-0.15, -0.1) is 0 Å². The zero-order valence-electron chi connectivity index (χ0n) is 22.9. The molecule has 0 bridgehead atoms. The average Bonchev–Trinajstić information content (AvgIpc) is 3.25. The van der Waals surface area contributed by atoms with E-state index >= 15 is 8.78 Å². The molecular weight excluding hydrogens is 567 g/mol. The Morgan fingerprint density at radius 1 is 1.07 bits per heavy atom. The molecule has 2 aromatic carbocycles. The highest BCUT2D eigenvalue weighted by molar-refractivity contribution is 5.96. The van der Waals surface area contributed by atoms with Gasteiger partial charge in [-0.1, -0.05) is 37.3 Å². The van der Waals surface area contributed by atoms with E-state index in [0.29, 0.717) is 5.56 Å². The second-order valence-electron chi connectivity index (χ2n) is 9.77. The predicted octanol–water partition coefficient (Wildman–Crippen LogP) is 5.81. The van der Waals surface area contributed by atoms with E-state index in [2.05, 4.69) is 15.0 Å². The zero-order chi connectivity index (χ0) is 30.8. The molecule has 8 nitrogen and oxygen atoms in total. The number of hydrogen-bond donors (Lipinski definition) is 1. The van der Waals surface area contributed by atoms with Crippen molar-refractivity contribution in [3.8, 4) is 11.5 Å². The number of carbonyl (C=O) groups is 2. The SMILES string of the molecule is COC(=O)c1cc(NC(=O)[C@@H]2O[C@@](C)(C(F)(F)F)[C@@H](C)[C@H]2c2cc(OCc3ccccc3)c(F)c(F)c2OC)ccn1. The van der Waals surface area contributed by atoms with Crippen LogP contribution in [0.15, 0.2) is 54.7 Å². The van der Waals surface area contributed by atoms with E-state index in [-0.39, 0.29) is 23.6 Å². The van der Waals surface area contributed by atoms with Crippen LogP contribution in [0.3, 0.4) is 0 Å². The molecule has 0 aliphatic carbocycles. The maximum atomic E-state index is 15.3. The predicted molar refractivity (Wildman–Crippen MR) is 139 cm³/mol. The van der Waals surface area contributed by atoms with Crippen LogP contribution in [0, 0.1) is 17.6 Å². The van der Waals surface area contributed by atoms with Gasteiger partial charge in [0.1, 0.15) is 18.4 Å². The molecule has 0 saturated carbocycles. The molecule has 0 spiro atoms. The number of alkyl halides is 3. The summed E-state index contributed by atoms with van der Waals surface area (Å²) in [6.07, 6.45) is -5.62. The van der Waals surface area contributed by atoms with Crippen LogP contribution < -0.4 is 14.8 Å². The fourth-order valence-electron chi connectivity index (χ4n) is 4.86. The molecule has 224 valence electrons. The van der Waals surface area contributed by atoms with E-state index < -0.39 is 64.7 Å². The molecule has 1 amide bonds. The van der Waals surface area contributed by atoms with Crippen molar-refractivity contribution in [2.45, 2.75) is 44.3 Å². The number of pyridine rings is 1. The van der Waals surface area contributed by atoms with Crippen LogP contribution >= 0.6 is 0 Å². The van der Waals surface area contributed by atoms with Crippen molar-refractivity contribution >= 4 is 17.6 Å². The Bertz CT molecular complexity index is 1470. The highest BCUT2D eigenvalue weighted by atomic mass is 19.4. The fourth-order valence-corrected chi connectivity index (χ4v) is 4.86. The van der Waals surface area contributed by atoms with Crippen molar-refractivity contribution < 1.29 is 50.5 Å². The first-order chi connectivity index (χ1) is 19.8. The number of amides is 1. The number of rotatable bonds is 8.